The predicted octanol–water partition coefficient (Wildman–Crippen LogP) is 3.04. The van der Waals surface area contributed by atoms with Gasteiger partial charge in [-0.05, 0) is 51.9 Å². The van der Waals surface area contributed by atoms with E-state index in [4.69, 9.17) is 0 Å². The number of Topliss-reactive ketones (excluding diaryl/α,β-unsaturated/α-hetero) is 1. The second-order valence-corrected chi connectivity index (χ2v) is 6.12. The first-order valence-corrected chi connectivity index (χ1v) is 5.98. The van der Waals surface area contributed by atoms with Crippen LogP contribution in [0.25, 0.3) is 0 Å². The molecule has 0 saturated heterocycles. The third kappa shape index (κ3) is 2.84. The Labute approximate surface area is 92.6 Å². The molecule has 1 heteroatoms. The fourth-order valence-electron chi connectivity index (χ4n) is 2.52. The molecule has 0 heterocycles. The normalized spacial score (nSPS) is 32.9. The maximum Gasteiger partial charge on any atom is 0.147 e. The summed E-state index contributed by atoms with van der Waals surface area (Å²) in [6.07, 6.45) is 4.17. The van der Waals surface area contributed by atoms with Crippen LogP contribution in [0.4, 0.5) is 0 Å². The molecule has 2 fully saturated rings. The molecule has 2 aliphatic carbocycles. The minimum atomic E-state index is 0.0259. The van der Waals surface area contributed by atoms with E-state index in [-0.39, 0.29) is 5.41 Å². The number of hydrogen-bond donors (Lipinski definition) is 0. The lowest BCUT2D eigenvalue weighted by Gasteiger charge is -2.09. The first-order chi connectivity index (χ1) is 6.96. The van der Waals surface area contributed by atoms with Gasteiger partial charge in [0.2, 0.25) is 0 Å². The molecule has 1 nitrogen and oxygen atoms in total. The standard InChI is InChI=1S/C14H20O/c1-14(2,3)6-4-5-13(15)12-8-10-7-11(10)9-12/h10-12H,5,7-9H2,1-3H3. The van der Waals surface area contributed by atoms with Crippen molar-refractivity contribution in [3.05, 3.63) is 0 Å². The highest BCUT2D eigenvalue weighted by molar-refractivity contribution is 5.83. The molecule has 0 radical (unpaired) electrons. The number of rotatable bonds is 2. The minimum Gasteiger partial charge on any atom is -0.298 e. The van der Waals surface area contributed by atoms with Crippen LogP contribution < -0.4 is 0 Å². The zero-order valence-electron chi connectivity index (χ0n) is 9.97. The number of hydrogen-bond acceptors (Lipinski definition) is 1. The molecule has 2 aliphatic rings. The van der Waals surface area contributed by atoms with Crippen LogP contribution in [0.2, 0.25) is 0 Å². The molecule has 0 spiro atoms. The van der Waals surface area contributed by atoms with Crippen LogP contribution in [0.1, 0.15) is 46.5 Å². The Morgan fingerprint density at radius 2 is 1.80 bits per heavy atom. The molecule has 0 amide bonds. The van der Waals surface area contributed by atoms with Crippen molar-refractivity contribution in [1.29, 1.82) is 0 Å². The summed E-state index contributed by atoms with van der Waals surface area (Å²) in [6, 6.07) is 0. The molecule has 2 atom stereocenters. The lowest BCUT2D eigenvalue weighted by Crippen LogP contribution is -2.11. The van der Waals surface area contributed by atoms with Gasteiger partial charge < -0.3 is 0 Å². The highest BCUT2D eigenvalue weighted by Crippen LogP contribution is 2.54. The van der Waals surface area contributed by atoms with Crippen molar-refractivity contribution in [3.8, 4) is 11.8 Å². The van der Waals surface area contributed by atoms with E-state index in [0.717, 1.165) is 24.7 Å². The molecular weight excluding hydrogens is 184 g/mol. The van der Waals surface area contributed by atoms with Crippen LogP contribution in [-0.2, 0) is 4.79 Å². The average Bonchev–Trinajstić information content (AvgIpc) is 2.71. The van der Waals surface area contributed by atoms with Crippen LogP contribution in [0, 0.1) is 35.0 Å². The quantitative estimate of drug-likeness (QED) is 0.632. The van der Waals surface area contributed by atoms with E-state index in [1.807, 2.05) is 0 Å². The molecule has 15 heavy (non-hydrogen) atoms. The van der Waals surface area contributed by atoms with Crippen LogP contribution in [0.5, 0.6) is 0 Å². The van der Waals surface area contributed by atoms with E-state index in [2.05, 4.69) is 32.6 Å². The zero-order valence-corrected chi connectivity index (χ0v) is 9.97. The molecule has 0 aromatic heterocycles. The monoisotopic (exact) mass is 204 g/mol. The molecule has 0 aromatic rings. The van der Waals surface area contributed by atoms with Crippen molar-refractivity contribution in [2.24, 2.45) is 23.2 Å². The molecule has 2 rings (SSSR count). The average molecular weight is 204 g/mol. The molecular formula is C14H20O. The summed E-state index contributed by atoms with van der Waals surface area (Å²) in [4.78, 5) is 11.8. The molecule has 82 valence electrons. The second kappa shape index (κ2) is 3.67. The summed E-state index contributed by atoms with van der Waals surface area (Å²) in [5.41, 5.74) is 0.0259. The van der Waals surface area contributed by atoms with Gasteiger partial charge in [-0.15, -0.1) is 0 Å². The smallest absolute Gasteiger partial charge is 0.147 e. The highest BCUT2D eigenvalue weighted by Gasteiger charge is 2.47. The van der Waals surface area contributed by atoms with Crippen LogP contribution in [0.15, 0.2) is 0 Å². The van der Waals surface area contributed by atoms with E-state index in [9.17, 15) is 4.79 Å². The van der Waals surface area contributed by atoms with Gasteiger partial charge in [0.1, 0.15) is 5.78 Å². The van der Waals surface area contributed by atoms with Gasteiger partial charge in [-0.3, -0.25) is 4.79 Å². The second-order valence-electron chi connectivity index (χ2n) is 6.12. The van der Waals surface area contributed by atoms with Gasteiger partial charge in [0.05, 0.1) is 6.42 Å². The number of carbonyl (C=O) groups excluding carboxylic acids is 1. The van der Waals surface area contributed by atoms with E-state index in [1.54, 1.807) is 0 Å². The molecule has 2 unspecified atom stereocenters. The van der Waals surface area contributed by atoms with E-state index >= 15 is 0 Å². The van der Waals surface area contributed by atoms with Gasteiger partial charge in [0.15, 0.2) is 0 Å². The third-order valence-electron chi connectivity index (χ3n) is 3.42. The first-order valence-electron chi connectivity index (χ1n) is 5.98. The van der Waals surface area contributed by atoms with E-state index in [0.29, 0.717) is 18.1 Å². The number of ketones is 1. The minimum absolute atomic E-state index is 0.0259. The van der Waals surface area contributed by atoms with Gasteiger partial charge in [0, 0.05) is 11.3 Å². The molecule has 0 N–H and O–H groups in total. The van der Waals surface area contributed by atoms with Crippen molar-refractivity contribution in [2.45, 2.75) is 46.5 Å². The van der Waals surface area contributed by atoms with Gasteiger partial charge in [-0.1, -0.05) is 11.8 Å². The highest BCUT2D eigenvalue weighted by atomic mass is 16.1. The fourth-order valence-corrected chi connectivity index (χ4v) is 2.52. The number of carbonyl (C=O) groups is 1. The molecule has 0 aliphatic heterocycles. The zero-order chi connectivity index (χ0) is 11.1. The Bertz CT molecular complexity index is 313. The Hall–Kier alpha value is -0.770. The fraction of sp³-hybridized carbons (Fsp3) is 0.786. The summed E-state index contributed by atoms with van der Waals surface area (Å²) in [5, 5.41) is 0. The summed E-state index contributed by atoms with van der Waals surface area (Å²) < 4.78 is 0. The van der Waals surface area contributed by atoms with Crippen LogP contribution >= 0.6 is 0 Å². The van der Waals surface area contributed by atoms with Crippen LogP contribution in [-0.4, -0.2) is 5.78 Å². The van der Waals surface area contributed by atoms with Crippen LogP contribution in [0.3, 0.4) is 0 Å². The Morgan fingerprint density at radius 3 is 2.33 bits per heavy atom. The lowest BCUT2D eigenvalue weighted by molar-refractivity contribution is -0.121. The van der Waals surface area contributed by atoms with Gasteiger partial charge in [0.25, 0.3) is 0 Å². The van der Waals surface area contributed by atoms with Crippen molar-refractivity contribution < 1.29 is 4.79 Å². The largest absolute Gasteiger partial charge is 0.298 e. The molecule has 0 aromatic carbocycles. The predicted molar refractivity (Wildman–Crippen MR) is 61.2 cm³/mol. The Balaban J connectivity index is 1.79. The third-order valence-corrected chi connectivity index (χ3v) is 3.42. The summed E-state index contributed by atoms with van der Waals surface area (Å²) in [6.45, 7) is 6.24. The summed E-state index contributed by atoms with van der Waals surface area (Å²) in [5.74, 6) is 8.69. The lowest BCUT2D eigenvalue weighted by atomic mass is 9.94. The summed E-state index contributed by atoms with van der Waals surface area (Å²) >= 11 is 0. The van der Waals surface area contributed by atoms with Crippen molar-refractivity contribution >= 4 is 5.78 Å². The maximum atomic E-state index is 11.8. The Kier molecular flexibility index (Phi) is 2.63. The first kappa shape index (κ1) is 10.7. The van der Waals surface area contributed by atoms with E-state index in [1.165, 1.54) is 6.42 Å². The van der Waals surface area contributed by atoms with Gasteiger partial charge in [-0.25, -0.2) is 0 Å². The van der Waals surface area contributed by atoms with Gasteiger partial charge >= 0.3 is 0 Å². The van der Waals surface area contributed by atoms with Gasteiger partial charge in [-0.2, -0.15) is 0 Å². The summed E-state index contributed by atoms with van der Waals surface area (Å²) in [7, 11) is 0. The van der Waals surface area contributed by atoms with Crippen molar-refractivity contribution in [3.63, 3.8) is 0 Å². The van der Waals surface area contributed by atoms with E-state index < -0.39 is 0 Å². The SMILES string of the molecule is CC(C)(C)C#CCC(=O)C1CC2CC2C1. The van der Waals surface area contributed by atoms with Crippen molar-refractivity contribution in [2.75, 3.05) is 0 Å². The van der Waals surface area contributed by atoms with Crippen molar-refractivity contribution in [1.82, 2.24) is 0 Å². The Morgan fingerprint density at radius 1 is 1.20 bits per heavy atom. The number of fused-ring (bicyclic) bond motifs is 1. The maximum absolute atomic E-state index is 11.8. The topological polar surface area (TPSA) is 17.1 Å². The molecule has 2 saturated carbocycles. The molecule has 0 bridgehead atoms.